The van der Waals surface area contributed by atoms with Gasteiger partial charge in [-0.25, -0.2) is 4.79 Å². The number of rotatable bonds is 5. The van der Waals surface area contributed by atoms with Crippen LogP contribution in [0.25, 0.3) is 22.4 Å². The zero-order valence-corrected chi connectivity index (χ0v) is 20.4. The van der Waals surface area contributed by atoms with Gasteiger partial charge < -0.3 is 20.1 Å². The van der Waals surface area contributed by atoms with Gasteiger partial charge in [-0.05, 0) is 76.3 Å². The molecule has 2 fully saturated rings. The van der Waals surface area contributed by atoms with Gasteiger partial charge in [-0.3, -0.25) is 5.10 Å². The summed E-state index contributed by atoms with van der Waals surface area (Å²) in [5, 5.41) is 29.5. The molecule has 4 heterocycles. The third kappa shape index (κ3) is 5.14. The third-order valence-electron chi connectivity index (χ3n) is 6.73. The lowest BCUT2D eigenvalue weighted by Gasteiger charge is -2.39. The summed E-state index contributed by atoms with van der Waals surface area (Å²) in [7, 11) is 0. The fourth-order valence-corrected chi connectivity index (χ4v) is 5.14. The number of hydrogen-bond acceptors (Lipinski definition) is 7. The van der Waals surface area contributed by atoms with Crippen molar-refractivity contribution >= 4 is 6.09 Å². The highest BCUT2D eigenvalue weighted by Gasteiger charge is 2.44. The first-order chi connectivity index (χ1) is 16.8. The largest absolute Gasteiger partial charge is 0.507 e. The number of nitrogens with one attached hydrogen (secondary N) is 2. The van der Waals surface area contributed by atoms with E-state index in [2.05, 4.69) is 25.7 Å². The fourth-order valence-electron chi connectivity index (χ4n) is 5.14. The highest BCUT2D eigenvalue weighted by Crippen LogP contribution is 2.37. The first-order valence-corrected chi connectivity index (χ1v) is 12.2. The number of ether oxygens (including phenoxy) is 1. The lowest BCUT2D eigenvalue weighted by Crippen LogP contribution is -2.52. The standard InChI is InChI=1S/C26H32N6O3/c1-26(2,3)35-25(34)32-20-6-7-21(32)12-19(11-20)27-15-18-5-9-23(31-30-18)22-8-4-16(10-24(22)33)17-13-28-29-14-17/h4-5,8-10,13-14,19-21,27,33H,6-7,11-12,15H2,1-3H3,(H,28,29). The van der Waals surface area contributed by atoms with E-state index in [0.717, 1.165) is 42.5 Å². The Morgan fingerprint density at radius 3 is 2.51 bits per heavy atom. The topological polar surface area (TPSA) is 116 Å². The molecule has 2 unspecified atom stereocenters. The number of fused-ring (bicyclic) bond motifs is 2. The van der Waals surface area contributed by atoms with Crippen LogP contribution in [0.1, 0.15) is 52.1 Å². The maximum Gasteiger partial charge on any atom is 0.410 e. The summed E-state index contributed by atoms with van der Waals surface area (Å²) in [6.07, 6.45) is 7.19. The summed E-state index contributed by atoms with van der Waals surface area (Å²) < 4.78 is 5.63. The maximum atomic E-state index is 12.7. The summed E-state index contributed by atoms with van der Waals surface area (Å²) in [5.41, 5.74) is 3.40. The lowest BCUT2D eigenvalue weighted by atomic mass is 9.97. The predicted octanol–water partition coefficient (Wildman–Crippen LogP) is 4.26. The fraction of sp³-hybridized carbons (Fsp3) is 0.462. The quantitative estimate of drug-likeness (QED) is 0.504. The second-order valence-corrected chi connectivity index (χ2v) is 10.5. The molecule has 2 saturated heterocycles. The molecule has 0 aliphatic carbocycles. The number of benzene rings is 1. The molecule has 2 atom stereocenters. The summed E-state index contributed by atoms with van der Waals surface area (Å²) in [6, 6.07) is 10.1. The Kier molecular flexibility index (Phi) is 6.19. The number of hydrogen-bond donors (Lipinski definition) is 3. The number of nitrogens with zero attached hydrogens (tertiary/aromatic N) is 4. The van der Waals surface area contributed by atoms with Gasteiger partial charge in [-0.2, -0.15) is 15.3 Å². The van der Waals surface area contributed by atoms with Crippen molar-refractivity contribution in [1.82, 2.24) is 30.6 Å². The second-order valence-electron chi connectivity index (χ2n) is 10.5. The molecule has 3 aromatic rings. The van der Waals surface area contributed by atoms with E-state index < -0.39 is 5.60 Å². The normalized spacial score (nSPS) is 21.8. The molecule has 9 heteroatoms. The zero-order chi connectivity index (χ0) is 24.6. The van der Waals surface area contributed by atoms with Gasteiger partial charge in [-0.15, -0.1) is 0 Å². The van der Waals surface area contributed by atoms with Crippen LogP contribution in [-0.4, -0.2) is 60.2 Å². The van der Waals surface area contributed by atoms with Crippen molar-refractivity contribution in [3.05, 3.63) is 48.4 Å². The number of aromatic amines is 1. The van der Waals surface area contributed by atoms with Gasteiger partial charge >= 0.3 is 6.09 Å². The van der Waals surface area contributed by atoms with Crippen LogP contribution in [0.3, 0.4) is 0 Å². The van der Waals surface area contributed by atoms with Crippen LogP contribution in [0.4, 0.5) is 4.79 Å². The molecule has 2 bridgehead atoms. The first-order valence-electron chi connectivity index (χ1n) is 12.2. The molecule has 5 rings (SSSR count). The Morgan fingerprint density at radius 2 is 1.91 bits per heavy atom. The van der Waals surface area contributed by atoms with E-state index in [-0.39, 0.29) is 23.9 Å². The molecule has 2 aromatic heterocycles. The van der Waals surface area contributed by atoms with Gasteiger partial charge in [0.05, 0.1) is 17.6 Å². The number of aromatic nitrogens is 4. The van der Waals surface area contributed by atoms with Crippen LogP contribution in [0, 0.1) is 0 Å². The third-order valence-corrected chi connectivity index (χ3v) is 6.73. The van der Waals surface area contributed by atoms with Crippen LogP contribution >= 0.6 is 0 Å². The Morgan fingerprint density at radius 1 is 1.14 bits per heavy atom. The zero-order valence-electron chi connectivity index (χ0n) is 20.4. The minimum atomic E-state index is -0.477. The van der Waals surface area contributed by atoms with Crippen molar-refractivity contribution < 1.29 is 14.6 Å². The molecule has 2 aliphatic heterocycles. The van der Waals surface area contributed by atoms with Gasteiger partial charge in [0, 0.05) is 42.0 Å². The van der Waals surface area contributed by atoms with E-state index in [1.54, 1.807) is 18.5 Å². The molecule has 35 heavy (non-hydrogen) atoms. The van der Waals surface area contributed by atoms with Crippen molar-refractivity contribution in [2.75, 3.05) is 0 Å². The van der Waals surface area contributed by atoms with E-state index in [1.807, 2.05) is 49.9 Å². The van der Waals surface area contributed by atoms with Crippen LogP contribution in [-0.2, 0) is 11.3 Å². The van der Waals surface area contributed by atoms with Crippen molar-refractivity contribution in [1.29, 1.82) is 0 Å². The van der Waals surface area contributed by atoms with Crippen LogP contribution in [0.2, 0.25) is 0 Å². The van der Waals surface area contributed by atoms with E-state index in [4.69, 9.17) is 4.74 Å². The van der Waals surface area contributed by atoms with Crippen LogP contribution in [0.5, 0.6) is 5.75 Å². The Bertz CT molecular complexity index is 1160. The molecule has 1 aromatic carbocycles. The maximum absolute atomic E-state index is 12.7. The minimum absolute atomic E-state index is 0.149. The molecule has 0 spiro atoms. The molecule has 0 saturated carbocycles. The molecular weight excluding hydrogens is 444 g/mol. The van der Waals surface area contributed by atoms with E-state index in [1.165, 1.54) is 0 Å². The number of piperidine rings is 1. The molecular formula is C26H32N6O3. The summed E-state index contributed by atoms with van der Waals surface area (Å²) in [4.78, 5) is 14.6. The van der Waals surface area contributed by atoms with E-state index >= 15 is 0 Å². The summed E-state index contributed by atoms with van der Waals surface area (Å²) in [5.74, 6) is 0.149. The Hall–Kier alpha value is -3.46. The number of phenolic OH excluding ortho intramolecular Hbond substituents is 1. The minimum Gasteiger partial charge on any atom is -0.507 e. The van der Waals surface area contributed by atoms with Crippen LogP contribution in [0.15, 0.2) is 42.7 Å². The average Bonchev–Trinajstić information content (AvgIpc) is 3.44. The smallest absolute Gasteiger partial charge is 0.410 e. The summed E-state index contributed by atoms with van der Waals surface area (Å²) in [6.45, 7) is 6.33. The molecule has 2 aliphatic rings. The number of carbonyl (C=O) groups excluding carboxylic acids is 1. The second kappa shape index (κ2) is 9.30. The van der Waals surface area contributed by atoms with E-state index in [0.29, 0.717) is 23.8 Å². The molecule has 184 valence electrons. The number of carbonyl (C=O) groups is 1. The van der Waals surface area contributed by atoms with Gasteiger partial charge in [0.25, 0.3) is 0 Å². The van der Waals surface area contributed by atoms with Gasteiger partial charge in [0.15, 0.2) is 0 Å². The molecule has 0 radical (unpaired) electrons. The number of H-pyrrole nitrogens is 1. The SMILES string of the molecule is CC(C)(C)OC(=O)N1C2CCC1CC(NCc1ccc(-c3ccc(-c4cn[nH]c4)cc3O)nn1)C2. The average molecular weight is 477 g/mol. The van der Waals surface area contributed by atoms with Crippen molar-refractivity contribution in [2.45, 2.75) is 76.7 Å². The number of phenols is 1. The highest BCUT2D eigenvalue weighted by atomic mass is 16.6. The van der Waals surface area contributed by atoms with Gasteiger partial charge in [0.1, 0.15) is 11.4 Å². The molecule has 9 nitrogen and oxygen atoms in total. The monoisotopic (exact) mass is 476 g/mol. The van der Waals surface area contributed by atoms with Crippen molar-refractivity contribution in [3.63, 3.8) is 0 Å². The molecule has 1 amide bonds. The van der Waals surface area contributed by atoms with Gasteiger partial charge in [-0.1, -0.05) is 6.07 Å². The van der Waals surface area contributed by atoms with Crippen molar-refractivity contribution in [2.24, 2.45) is 0 Å². The number of aromatic hydroxyl groups is 1. The van der Waals surface area contributed by atoms with E-state index in [9.17, 15) is 9.90 Å². The van der Waals surface area contributed by atoms with Gasteiger partial charge in [0.2, 0.25) is 0 Å². The Labute approximate surface area is 204 Å². The molecule has 3 N–H and O–H groups in total. The highest BCUT2D eigenvalue weighted by molar-refractivity contribution is 5.73. The summed E-state index contributed by atoms with van der Waals surface area (Å²) >= 11 is 0. The first kappa shape index (κ1) is 23.3. The predicted molar refractivity (Wildman–Crippen MR) is 131 cm³/mol. The van der Waals surface area contributed by atoms with Crippen molar-refractivity contribution in [3.8, 4) is 28.1 Å². The number of amides is 1. The van der Waals surface area contributed by atoms with Crippen LogP contribution < -0.4 is 5.32 Å². The Balaban J connectivity index is 1.18. The lowest BCUT2D eigenvalue weighted by molar-refractivity contribution is 0.00464.